The van der Waals surface area contributed by atoms with E-state index in [-0.39, 0.29) is 23.6 Å². The van der Waals surface area contributed by atoms with E-state index in [4.69, 9.17) is 4.74 Å². The summed E-state index contributed by atoms with van der Waals surface area (Å²) in [5, 5.41) is 0.898. The molecule has 0 bridgehead atoms. The molecular formula is C26H29N5O2. The first-order valence-electron chi connectivity index (χ1n) is 11.7. The largest absolute Gasteiger partial charge is 0.377 e. The first-order chi connectivity index (χ1) is 16.0. The van der Waals surface area contributed by atoms with Crippen LogP contribution in [-0.2, 0) is 4.74 Å². The van der Waals surface area contributed by atoms with E-state index in [1.165, 1.54) is 17.1 Å². The lowest BCUT2D eigenvalue weighted by Crippen LogP contribution is -2.47. The molecule has 3 unspecified atom stereocenters. The zero-order chi connectivity index (χ0) is 22.9. The van der Waals surface area contributed by atoms with E-state index in [1.54, 1.807) is 13.3 Å². The van der Waals surface area contributed by atoms with Crippen molar-refractivity contribution in [1.29, 1.82) is 0 Å². The summed E-state index contributed by atoms with van der Waals surface area (Å²) >= 11 is 0. The van der Waals surface area contributed by atoms with Crippen molar-refractivity contribution in [3.63, 3.8) is 0 Å². The van der Waals surface area contributed by atoms with E-state index in [9.17, 15) is 4.79 Å². The van der Waals surface area contributed by atoms with E-state index in [1.807, 2.05) is 30.0 Å². The fraction of sp³-hybridized carbons (Fsp3) is 0.423. The number of ether oxygens (including phenoxy) is 1. The van der Waals surface area contributed by atoms with Gasteiger partial charge in [0.15, 0.2) is 5.65 Å². The SMILES string of the molecule is CC=C1N(C)C2=CCC(OC)C=C2N2C3CN(C(=O)c4cc5cccnc5nc4C)CCC132. The first-order valence-corrected chi connectivity index (χ1v) is 11.7. The summed E-state index contributed by atoms with van der Waals surface area (Å²) in [4.78, 5) is 29.4. The third-order valence-electron chi connectivity index (χ3n) is 7.83. The van der Waals surface area contributed by atoms with E-state index < -0.39 is 0 Å². The Morgan fingerprint density at radius 1 is 1.33 bits per heavy atom. The zero-order valence-corrected chi connectivity index (χ0v) is 19.6. The third-order valence-corrected chi connectivity index (χ3v) is 7.83. The summed E-state index contributed by atoms with van der Waals surface area (Å²) in [6, 6.07) is 6.05. The Bertz CT molecular complexity index is 1260. The van der Waals surface area contributed by atoms with Gasteiger partial charge in [-0.3, -0.25) is 4.79 Å². The molecule has 33 heavy (non-hydrogen) atoms. The van der Waals surface area contributed by atoms with Gasteiger partial charge < -0.3 is 19.4 Å². The topological polar surface area (TPSA) is 61.6 Å². The van der Waals surface area contributed by atoms with E-state index >= 15 is 0 Å². The smallest absolute Gasteiger partial charge is 0.255 e. The van der Waals surface area contributed by atoms with Gasteiger partial charge in [-0.25, -0.2) is 9.97 Å². The van der Waals surface area contributed by atoms with Crippen molar-refractivity contribution in [1.82, 2.24) is 24.7 Å². The lowest BCUT2D eigenvalue weighted by molar-refractivity contribution is 0.0727. The average Bonchev–Trinajstić information content (AvgIpc) is 3.52. The molecule has 3 fully saturated rings. The van der Waals surface area contributed by atoms with Crippen LogP contribution in [0.1, 0.15) is 35.8 Å². The average molecular weight is 444 g/mol. The number of hydrogen-bond acceptors (Lipinski definition) is 6. The second kappa shape index (κ2) is 7.15. The molecule has 7 heteroatoms. The number of piperidine rings is 1. The number of likely N-dealkylation sites (tertiary alicyclic amines) is 1. The Morgan fingerprint density at radius 2 is 2.18 bits per heavy atom. The van der Waals surface area contributed by atoms with Crippen LogP contribution < -0.4 is 0 Å². The minimum Gasteiger partial charge on any atom is -0.377 e. The van der Waals surface area contributed by atoms with Gasteiger partial charge in [0.05, 0.1) is 34.8 Å². The van der Waals surface area contributed by atoms with Crippen molar-refractivity contribution in [2.45, 2.75) is 44.4 Å². The maximum Gasteiger partial charge on any atom is 0.255 e. The molecule has 170 valence electrons. The van der Waals surface area contributed by atoms with Gasteiger partial charge in [-0.2, -0.15) is 0 Å². The van der Waals surface area contributed by atoms with Crippen molar-refractivity contribution < 1.29 is 9.53 Å². The number of piperazine rings is 1. The van der Waals surface area contributed by atoms with Crippen LogP contribution in [0.15, 0.2) is 59.7 Å². The second-order valence-electron chi connectivity index (χ2n) is 9.37. The number of likely N-dealkylation sites (N-methyl/N-ethyl adjacent to an activating group) is 1. The van der Waals surface area contributed by atoms with Crippen LogP contribution in [0.25, 0.3) is 11.0 Å². The maximum atomic E-state index is 13.6. The van der Waals surface area contributed by atoms with Crippen molar-refractivity contribution in [2.75, 3.05) is 27.2 Å². The summed E-state index contributed by atoms with van der Waals surface area (Å²) in [5.41, 5.74) is 5.89. The lowest BCUT2D eigenvalue weighted by Gasteiger charge is -2.41. The fourth-order valence-corrected chi connectivity index (χ4v) is 6.19. The minimum atomic E-state index is -0.0281. The number of fused-ring (bicyclic) bond motifs is 4. The highest BCUT2D eigenvalue weighted by atomic mass is 16.5. The molecule has 4 aliphatic rings. The third kappa shape index (κ3) is 2.75. The van der Waals surface area contributed by atoms with Crippen molar-refractivity contribution in [3.05, 3.63) is 71.0 Å². The second-order valence-corrected chi connectivity index (χ2v) is 9.37. The molecule has 0 N–H and O–H groups in total. The van der Waals surface area contributed by atoms with Crippen molar-refractivity contribution >= 4 is 16.9 Å². The molecule has 0 saturated carbocycles. The summed E-state index contributed by atoms with van der Waals surface area (Å²) < 4.78 is 5.65. The standard InChI is InChI=1S/C26H29N5O2/c1-5-22-26-10-12-30(25(32)19-13-17-7-6-11-27-24(17)28-16(19)2)15-23(26)31(26)21-14-18(33-4)8-9-20(21)29(22)3/h5-7,9,11,13-14,18,23H,8,10,12,15H2,1-4H3. The molecule has 1 aliphatic carbocycles. The van der Waals surface area contributed by atoms with Gasteiger partial charge >= 0.3 is 0 Å². The van der Waals surface area contributed by atoms with Crippen LogP contribution in [0.2, 0.25) is 0 Å². The highest BCUT2D eigenvalue weighted by Gasteiger charge is 2.71. The number of nitrogens with zero attached hydrogens (tertiary/aromatic N) is 5. The molecule has 2 aromatic rings. The number of pyridine rings is 2. The van der Waals surface area contributed by atoms with Crippen LogP contribution in [0, 0.1) is 6.92 Å². The van der Waals surface area contributed by atoms with Gasteiger partial charge in [-0.1, -0.05) is 12.2 Å². The van der Waals surface area contributed by atoms with Gasteiger partial charge in [0, 0.05) is 44.5 Å². The molecule has 3 aliphatic heterocycles. The van der Waals surface area contributed by atoms with Gasteiger partial charge in [0.1, 0.15) is 5.54 Å². The number of aromatic nitrogens is 2. The first kappa shape index (κ1) is 20.4. The van der Waals surface area contributed by atoms with Crippen molar-refractivity contribution in [2.24, 2.45) is 0 Å². The molecule has 1 spiro atoms. The molecule has 0 radical (unpaired) electrons. The van der Waals surface area contributed by atoms with Gasteiger partial charge in [0.25, 0.3) is 5.91 Å². The van der Waals surface area contributed by atoms with Crippen molar-refractivity contribution in [3.8, 4) is 0 Å². The quantitative estimate of drug-likeness (QED) is 0.664. The molecular weight excluding hydrogens is 414 g/mol. The molecule has 3 atom stereocenters. The predicted molar refractivity (Wildman–Crippen MR) is 126 cm³/mol. The van der Waals surface area contributed by atoms with Crippen LogP contribution in [0.4, 0.5) is 0 Å². The van der Waals surface area contributed by atoms with Gasteiger partial charge in [-0.15, -0.1) is 0 Å². The normalized spacial score (nSPS) is 29.3. The maximum absolute atomic E-state index is 13.6. The van der Waals surface area contributed by atoms with Crippen LogP contribution >= 0.6 is 0 Å². The fourth-order valence-electron chi connectivity index (χ4n) is 6.19. The highest BCUT2D eigenvalue weighted by Crippen LogP contribution is 2.61. The predicted octanol–water partition coefficient (Wildman–Crippen LogP) is 3.24. The van der Waals surface area contributed by atoms with E-state index in [2.05, 4.69) is 52.0 Å². The number of carbonyl (C=O) groups is 1. The molecule has 7 nitrogen and oxygen atoms in total. The molecule has 3 saturated heterocycles. The summed E-state index contributed by atoms with van der Waals surface area (Å²) in [6.07, 6.45) is 10.4. The van der Waals surface area contributed by atoms with Crippen LogP contribution in [-0.4, -0.2) is 75.5 Å². The molecule has 0 aromatic carbocycles. The number of aryl methyl sites for hydroxylation is 1. The Morgan fingerprint density at radius 3 is 2.97 bits per heavy atom. The molecule has 5 heterocycles. The monoisotopic (exact) mass is 443 g/mol. The minimum absolute atomic E-state index is 0.0281. The van der Waals surface area contributed by atoms with Gasteiger partial charge in [0.2, 0.25) is 0 Å². The van der Waals surface area contributed by atoms with E-state index in [0.29, 0.717) is 17.8 Å². The van der Waals surface area contributed by atoms with Crippen LogP contribution in [0.5, 0.6) is 0 Å². The molecule has 1 amide bonds. The molecule has 2 aromatic heterocycles. The number of allylic oxidation sites excluding steroid dienone is 1. The zero-order valence-electron chi connectivity index (χ0n) is 19.6. The Hall–Kier alpha value is -3.19. The number of methoxy groups -OCH3 is 1. The Labute approximate surface area is 194 Å². The van der Waals surface area contributed by atoms with Crippen LogP contribution in [0.3, 0.4) is 0 Å². The number of rotatable bonds is 2. The van der Waals surface area contributed by atoms with E-state index in [0.717, 1.165) is 30.5 Å². The number of amides is 1. The summed E-state index contributed by atoms with van der Waals surface area (Å²) in [5.74, 6) is 0.0593. The van der Waals surface area contributed by atoms with Gasteiger partial charge in [-0.05, 0) is 51.0 Å². The Kier molecular flexibility index (Phi) is 4.43. The molecule has 6 rings (SSSR count). The summed E-state index contributed by atoms with van der Waals surface area (Å²) in [6.45, 7) is 5.45. The Balaban J connectivity index is 1.33. The number of hydrogen-bond donors (Lipinski definition) is 0. The lowest BCUT2D eigenvalue weighted by atomic mass is 9.89. The number of carbonyl (C=O) groups excluding carboxylic acids is 1. The highest BCUT2D eigenvalue weighted by molar-refractivity contribution is 5.98. The summed E-state index contributed by atoms with van der Waals surface area (Å²) in [7, 11) is 3.94.